The van der Waals surface area contributed by atoms with E-state index in [9.17, 15) is 13.2 Å². The van der Waals surface area contributed by atoms with Crippen molar-refractivity contribution in [2.24, 2.45) is 0 Å². The van der Waals surface area contributed by atoms with Gasteiger partial charge in [-0.15, -0.1) is 0 Å². The van der Waals surface area contributed by atoms with Crippen molar-refractivity contribution in [3.05, 3.63) is 83.0 Å². The second kappa shape index (κ2) is 8.12. The highest BCUT2D eigenvalue weighted by Gasteiger charge is 2.19. The number of sulfone groups is 1. The molecular weight excluding hydrogens is 396 g/mol. The Hall–Kier alpha value is -2.70. The molecule has 0 aliphatic heterocycles. The first-order chi connectivity index (χ1) is 13.3. The van der Waals surface area contributed by atoms with Crippen molar-refractivity contribution >= 4 is 33.0 Å². The molecule has 3 rings (SSSR count). The van der Waals surface area contributed by atoms with Crippen molar-refractivity contribution in [3.63, 3.8) is 0 Å². The van der Waals surface area contributed by atoms with Gasteiger partial charge in [0.15, 0.2) is 5.03 Å². The fourth-order valence-electron chi connectivity index (χ4n) is 2.56. The van der Waals surface area contributed by atoms with Gasteiger partial charge in [0.25, 0.3) is 5.91 Å². The van der Waals surface area contributed by atoms with Gasteiger partial charge in [-0.05, 0) is 60.0 Å². The van der Waals surface area contributed by atoms with Crippen molar-refractivity contribution in [2.75, 3.05) is 5.32 Å². The Bertz CT molecular complexity index is 1080. The highest BCUT2D eigenvalue weighted by Crippen LogP contribution is 2.22. The summed E-state index contributed by atoms with van der Waals surface area (Å²) in [6, 6.07) is 16.2. The number of amides is 1. The fourth-order valence-corrected chi connectivity index (χ4v) is 3.86. The second-order valence-electron chi connectivity index (χ2n) is 6.57. The molecule has 1 amide bonds. The first kappa shape index (κ1) is 20.0. The lowest BCUT2D eigenvalue weighted by Gasteiger charge is -2.09. The minimum atomic E-state index is -3.77. The van der Waals surface area contributed by atoms with Gasteiger partial charge in [0.05, 0.1) is 10.5 Å². The summed E-state index contributed by atoms with van der Waals surface area (Å²) < 4.78 is 25.2. The summed E-state index contributed by atoms with van der Waals surface area (Å²) in [7, 11) is -3.77. The third-order valence-corrected chi connectivity index (χ3v) is 6.17. The van der Waals surface area contributed by atoms with E-state index in [0.29, 0.717) is 16.6 Å². The number of carbonyl (C=O) groups is 1. The maximum atomic E-state index is 12.6. The third-order valence-electron chi connectivity index (χ3n) is 4.23. The Labute approximate surface area is 169 Å². The summed E-state index contributed by atoms with van der Waals surface area (Å²) in [5.74, 6) is 0.0457. The Kier molecular flexibility index (Phi) is 5.82. The van der Waals surface area contributed by atoms with Crippen LogP contribution >= 0.6 is 11.6 Å². The highest BCUT2D eigenvalue weighted by atomic mass is 35.5. The summed E-state index contributed by atoms with van der Waals surface area (Å²) >= 11 is 5.80. The van der Waals surface area contributed by atoms with Gasteiger partial charge >= 0.3 is 0 Å². The SMILES string of the molecule is CC(C)c1ccc(NC(=O)c2ccc(S(=O)(=O)c3ccc(Cl)cc3)nc2)cc1. The van der Waals surface area contributed by atoms with Crippen LogP contribution in [0.25, 0.3) is 0 Å². The van der Waals surface area contributed by atoms with Crippen LogP contribution in [0.1, 0.15) is 35.7 Å². The molecule has 0 unspecified atom stereocenters. The van der Waals surface area contributed by atoms with E-state index >= 15 is 0 Å². The van der Waals surface area contributed by atoms with Crippen LogP contribution in [-0.2, 0) is 9.84 Å². The zero-order valence-electron chi connectivity index (χ0n) is 15.4. The average molecular weight is 415 g/mol. The molecule has 0 aliphatic rings. The number of nitrogens with zero attached hydrogens (tertiary/aromatic N) is 1. The molecule has 28 heavy (non-hydrogen) atoms. The Balaban J connectivity index is 1.76. The van der Waals surface area contributed by atoms with Crippen LogP contribution in [0.15, 0.2) is 76.8 Å². The highest BCUT2D eigenvalue weighted by molar-refractivity contribution is 7.91. The summed E-state index contributed by atoms with van der Waals surface area (Å²) in [5.41, 5.74) is 2.10. The molecule has 0 saturated heterocycles. The van der Waals surface area contributed by atoms with E-state index < -0.39 is 9.84 Å². The fraction of sp³-hybridized carbons (Fsp3) is 0.143. The first-order valence-corrected chi connectivity index (χ1v) is 10.5. The van der Waals surface area contributed by atoms with Crippen LogP contribution in [0.3, 0.4) is 0 Å². The van der Waals surface area contributed by atoms with Gasteiger partial charge in [0.2, 0.25) is 9.84 Å². The van der Waals surface area contributed by atoms with Gasteiger partial charge in [0.1, 0.15) is 0 Å². The Morgan fingerprint density at radius 2 is 1.61 bits per heavy atom. The normalized spacial score (nSPS) is 11.4. The summed E-state index contributed by atoms with van der Waals surface area (Å²) in [5, 5.41) is 3.09. The van der Waals surface area contributed by atoms with Gasteiger partial charge in [-0.2, -0.15) is 0 Å². The molecule has 0 spiro atoms. The molecule has 3 aromatic rings. The van der Waals surface area contributed by atoms with Crippen molar-refractivity contribution in [1.82, 2.24) is 4.98 Å². The number of halogens is 1. The maximum Gasteiger partial charge on any atom is 0.257 e. The quantitative estimate of drug-likeness (QED) is 0.641. The monoisotopic (exact) mass is 414 g/mol. The molecule has 1 aromatic heterocycles. The molecule has 144 valence electrons. The molecule has 7 heteroatoms. The summed E-state index contributed by atoms with van der Waals surface area (Å²) in [6.07, 6.45) is 1.25. The van der Waals surface area contributed by atoms with E-state index in [-0.39, 0.29) is 21.4 Å². The zero-order valence-corrected chi connectivity index (χ0v) is 17.0. The molecule has 5 nitrogen and oxygen atoms in total. The minimum absolute atomic E-state index is 0.0897. The lowest BCUT2D eigenvalue weighted by molar-refractivity contribution is 0.102. The predicted molar refractivity (Wildman–Crippen MR) is 110 cm³/mol. The predicted octanol–water partition coefficient (Wildman–Crippen LogP) is 4.94. The van der Waals surface area contributed by atoms with E-state index in [2.05, 4.69) is 24.1 Å². The minimum Gasteiger partial charge on any atom is -0.322 e. The number of nitrogens with one attached hydrogen (secondary N) is 1. The van der Waals surface area contributed by atoms with Crippen LogP contribution in [0, 0.1) is 0 Å². The van der Waals surface area contributed by atoms with E-state index in [4.69, 9.17) is 11.6 Å². The number of carbonyl (C=O) groups excluding carboxylic acids is 1. The molecule has 1 N–H and O–H groups in total. The molecule has 0 saturated carbocycles. The van der Waals surface area contributed by atoms with Gasteiger partial charge < -0.3 is 5.32 Å². The van der Waals surface area contributed by atoms with Crippen molar-refractivity contribution in [3.8, 4) is 0 Å². The van der Waals surface area contributed by atoms with E-state index in [1.807, 2.05) is 24.3 Å². The molecular formula is C21H19ClN2O3S. The van der Waals surface area contributed by atoms with Crippen molar-refractivity contribution < 1.29 is 13.2 Å². The maximum absolute atomic E-state index is 12.6. The topological polar surface area (TPSA) is 76.1 Å². The van der Waals surface area contributed by atoms with Crippen molar-refractivity contribution in [2.45, 2.75) is 29.7 Å². The zero-order chi connectivity index (χ0) is 20.3. The Morgan fingerprint density at radius 1 is 0.964 bits per heavy atom. The standard InChI is InChI=1S/C21H19ClN2O3S/c1-14(2)15-3-8-18(9-4-15)24-21(25)16-5-12-20(23-13-16)28(26,27)19-10-6-17(22)7-11-19/h3-14H,1-2H3,(H,24,25). The smallest absolute Gasteiger partial charge is 0.257 e. The third kappa shape index (κ3) is 4.40. The molecule has 0 radical (unpaired) electrons. The van der Waals surface area contributed by atoms with Crippen LogP contribution in [0.2, 0.25) is 5.02 Å². The van der Waals surface area contributed by atoms with E-state index in [0.717, 1.165) is 0 Å². The molecule has 1 heterocycles. The molecule has 0 bridgehead atoms. The van der Waals surface area contributed by atoms with Gasteiger partial charge in [0, 0.05) is 16.9 Å². The molecule has 0 fully saturated rings. The number of aromatic nitrogens is 1. The Morgan fingerprint density at radius 3 is 2.14 bits per heavy atom. The largest absolute Gasteiger partial charge is 0.322 e. The number of pyridine rings is 1. The number of anilines is 1. The molecule has 0 aliphatic carbocycles. The lowest BCUT2D eigenvalue weighted by atomic mass is 10.0. The van der Waals surface area contributed by atoms with Crippen molar-refractivity contribution in [1.29, 1.82) is 0 Å². The van der Waals surface area contributed by atoms with E-state index in [1.54, 1.807) is 0 Å². The van der Waals surface area contributed by atoms with Gasteiger partial charge in [-0.3, -0.25) is 4.79 Å². The lowest BCUT2D eigenvalue weighted by Crippen LogP contribution is -2.13. The van der Waals surface area contributed by atoms with Gasteiger partial charge in [-0.1, -0.05) is 37.6 Å². The number of benzene rings is 2. The summed E-state index contributed by atoms with van der Waals surface area (Å²) in [6.45, 7) is 4.19. The first-order valence-electron chi connectivity index (χ1n) is 8.65. The number of hydrogen-bond acceptors (Lipinski definition) is 4. The number of hydrogen-bond donors (Lipinski definition) is 1. The average Bonchev–Trinajstić information content (AvgIpc) is 2.69. The van der Waals surface area contributed by atoms with E-state index in [1.165, 1.54) is 48.2 Å². The number of rotatable bonds is 5. The molecule has 0 atom stereocenters. The van der Waals surface area contributed by atoms with Crippen LogP contribution in [0.4, 0.5) is 5.69 Å². The molecule has 2 aromatic carbocycles. The summed E-state index contributed by atoms with van der Waals surface area (Å²) in [4.78, 5) is 16.4. The van der Waals surface area contributed by atoms with Crippen LogP contribution < -0.4 is 5.32 Å². The van der Waals surface area contributed by atoms with Gasteiger partial charge in [-0.25, -0.2) is 13.4 Å². The van der Waals surface area contributed by atoms with Crippen LogP contribution in [0.5, 0.6) is 0 Å². The second-order valence-corrected chi connectivity index (χ2v) is 8.91. The van der Waals surface area contributed by atoms with Crippen LogP contribution in [-0.4, -0.2) is 19.3 Å².